The number of carbonyl (C=O) groups is 1. The molecule has 4 aromatic rings. The molecular weight excluding hydrogens is 470 g/mol. The lowest BCUT2D eigenvalue weighted by molar-refractivity contribution is -0.115. The lowest BCUT2D eigenvalue weighted by atomic mass is 10.0. The van der Waals surface area contributed by atoms with Gasteiger partial charge in [-0.25, -0.2) is 9.97 Å². The molecule has 2 fully saturated rings. The molecule has 1 aromatic carbocycles. The van der Waals surface area contributed by atoms with E-state index in [1.54, 1.807) is 18.5 Å². The smallest absolute Gasteiger partial charge is 0.316 e. The second-order valence-electron chi connectivity index (χ2n) is 9.75. The van der Waals surface area contributed by atoms with E-state index in [4.69, 9.17) is 14.5 Å². The molecular formula is C27H27N7O3. The van der Waals surface area contributed by atoms with Crippen molar-refractivity contribution in [3.63, 3.8) is 0 Å². The van der Waals surface area contributed by atoms with Gasteiger partial charge in [-0.05, 0) is 50.8 Å². The molecule has 188 valence electrons. The van der Waals surface area contributed by atoms with Crippen LogP contribution in [0.4, 0.5) is 5.69 Å². The van der Waals surface area contributed by atoms with Crippen molar-refractivity contribution in [2.45, 2.75) is 57.1 Å². The van der Waals surface area contributed by atoms with E-state index in [-0.39, 0.29) is 24.5 Å². The molecule has 4 heterocycles. The molecule has 6 rings (SSSR count). The molecule has 10 nitrogen and oxygen atoms in total. The Morgan fingerprint density at radius 2 is 2.08 bits per heavy atom. The summed E-state index contributed by atoms with van der Waals surface area (Å²) in [5, 5.41) is 13.4. The van der Waals surface area contributed by atoms with E-state index in [9.17, 15) is 10.1 Å². The van der Waals surface area contributed by atoms with Crippen LogP contribution >= 0.6 is 0 Å². The van der Waals surface area contributed by atoms with Crippen LogP contribution in [0.1, 0.15) is 61.6 Å². The maximum Gasteiger partial charge on any atom is 0.316 e. The maximum atomic E-state index is 13.3. The van der Waals surface area contributed by atoms with E-state index < -0.39 is 0 Å². The fourth-order valence-corrected chi connectivity index (χ4v) is 5.20. The van der Waals surface area contributed by atoms with Gasteiger partial charge in [-0.3, -0.25) is 9.78 Å². The monoisotopic (exact) mass is 497 g/mol. The Labute approximate surface area is 213 Å². The largest absolute Gasteiger partial charge is 0.467 e. The van der Waals surface area contributed by atoms with Crippen molar-refractivity contribution < 1.29 is 14.3 Å². The molecule has 3 aromatic heterocycles. The summed E-state index contributed by atoms with van der Waals surface area (Å²) in [6, 6.07) is 8.10. The molecule has 0 unspecified atom stereocenters. The Bertz CT molecular complexity index is 1550. The lowest BCUT2D eigenvalue weighted by Crippen LogP contribution is -2.28. The minimum atomic E-state index is -0.192. The number of carbonyl (C=O) groups excluding carboxylic acids is 1. The zero-order valence-electron chi connectivity index (χ0n) is 20.8. The van der Waals surface area contributed by atoms with Gasteiger partial charge < -0.3 is 19.4 Å². The molecule has 10 heteroatoms. The van der Waals surface area contributed by atoms with Gasteiger partial charge in [0.15, 0.2) is 0 Å². The number of rotatable bonds is 6. The standard InChI is InChI=1S/C27H27N7O3/c1-15-9-18(7-8-37-15)34-23(31-22-14-29-20-6-3-16(12-28)10-19(20)26(22)34)11-24(35)32-21-13-30-27(36-2)33-25(21)17-4-5-17/h3,6,10,13-15,17-18H,4-5,7-9,11H2,1-2H3,(H,32,35)/t15-,18-/m1/s1. The molecule has 2 aliphatic rings. The number of amides is 1. The third-order valence-corrected chi connectivity index (χ3v) is 7.08. The minimum absolute atomic E-state index is 0.0794. The van der Waals surface area contributed by atoms with Crippen molar-refractivity contribution in [3.8, 4) is 12.1 Å². The average Bonchev–Trinajstić information content (AvgIpc) is 3.69. The van der Waals surface area contributed by atoms with Crippen molar-refractivity contribution >= 4 is 33.5 Å². The summed E-state index contributed by atoms with van der Waals surface area (Å²) >= 11 is 0. The number of hydrogen-bond donors (Lipinski definition) is 1. The first-order valence-electron chi connectivity index (χ1n) is 12.6. The number of ether oxygens (including phenoxy) is 2. The molecule has 1 amide bonds. The second kappa shape index (κ2) is 9.41. The van der Waals surface area contributed by atoms with Crippen molar-refractivity contribution in [2.24, 2.45) is 0 Å². The highest BCUT2D eigenvalue weighted by atomic mass is 16.5. The van der Waals surface area contributed by atoms with Crippen molar-refractivity contribution in [1.82, 2.24) is 24.5 Å². The fraction of sp³-hybridized carbons (Fsp3) is 0.407. The highest BCUT2D eigenvalue weighted by Crippen LogP contribution is 2.42. The summed E-state index contributed by atoms with van der Waals surface area (Å²) in [4.78, 5) is 31.4. The van der Waals surface area contributed by atoms with Gasteiger partial charge in [-0.15, -0.1) is 0 Å². The number of imidazole rings is 1. The van der Waals surface area contributed by atoms with E-state index in [1.165, 1.54) is 7.11 Å². The van der Waals surface area contributed by atoms with E-state index in [2.05, 4.69) is 37.8 Å². The predicted molar refractivity (Wildman–Crippen MR) is 136 cm³/mol. The number of anilines is 1. The normalized spacial score (nSPS) is 19.6. The van der Waals surface area contributed by atoms with Crippen LogP contribution in [0.25, 0.3) is 21.9 Å². The van der Waals surface area contributed by atoms with Gasteiger partial charge in [-0.2, -0.15) is 10.2 Å². The molecule has 1 saturated carbocycles. The number of aromatic nitrogens is 5. The van der Waals surface area contributed by atoms with Gasteiger partial charge in [0.1, 0.15) is 11.3 Å². The molecule has 1 saturated heterocycles. The molecule has 37 heavy (non-hydrogen) atoms. The van der Waals surface area contributed by atoms with Gasteiger partial charge in [0.05, 0.1) is 66.1 Å². The van der Waals surface area contributed by atoms with Crippen LogP contribution in [-0.2, 0) is 16.0 Å². The van der Waals surface area contributed by atoms with Crippen LogP contribution < -0.4 is 10.1 Å². The summed E-state index contributed by atoms with van der Waals surface area (Å²) in [6.45, 7) is 2.70. The SMILES string of the molecule is COc1ncc(NC(=O)Cc2nc3cnc4ccc(C#N)cc4c3n2[C@@H]2CCO[C@H](C)C2)c(C2CC2)n1. The van der Waals surface area contributed by atoms with Crippen LogP contribution in [0.5, 0.6) is 6.01 Å². The second-order valence-corrected chi connectivity index (χ2v) is 9.75. The number of nitrogens with zero attached hydrogens (tertiary/aromatic N) is 6. The van der Waals surface area contributed by atoms with Crippen LogP contribution in [0.2, 0.25) is 0 Å². The molecule has 0 bridgehead atoms. The molecule has 1 aliphatic heterocycles. The topological polar surface area (TPSA) is 128 Å². The maximum absolute atomic E-state index is 13.3. The Hall–Kier alpha value is -4.10. The molecule has 2 atom stereocenters. The van der Waals surface area contributed by atoms with Crippen molar-refractivity contribution in [3.05, 3.63) is 47.7 Å². The first kappa shape index (κ1) is 23.3. The fourth-order valence-electron chi connectivity index (χ4n) is 5.20. The summed E-state index contributed by atoms with van der Waals surface area (Å²) < 4.78 is 13.2. The Morgan fingerprint density at radius 3 is 2.84 bits per heavy atom. The van der Waals surface area contributed by atoms with Gasteiger partial charge >= 0.3 is 6.01 Å². The number of hydrogen-bond acceptors (Lipinski definition) is 8. The first-order valence-corrected chi connectivity index (χ1v) is 12.6. The minimum Gasteiger partial charge on any atom is -0.467 e. The summed E-state index contributed by atoms with van der Waals surface area (Å²) in [6.07, 6.45) is 7.21. The quantitative estimate of drug-likeness (QED) is 0.422. The number of nitrogens with one attached hydrogen (secondary N) is 1. The average molecular weight is 498 g/mol. The number of fused-ring (bicyclic) bond motifs is 3. The Kier molecular flexibility index (Phi) is 5.93. The third kappa shape index (κ3) is 4.47. The van der Waals surface area contributed by atoms with E-state index in [1.807, 2.05) is 12.1 Å². The lowest BCUT2D eigenvalue weighted by Gasteiger charge is -2.30. The summed E-state index contributed by atoms with van der Waals surface area (Å²) in [5.41, 5.74) is 4.37. The van der Waals surface area contributed by atoms with Crippen LogP contribution in [0, 0.1) is 11.3 Å². The molecule has 0 radical (unpaired) electrons. The van der Waals surface area contributed by atoms with E-state index in [0.717, 1.165) is 47.8 Å². The van der Waals surface area contributed by atoms with Gasteiger partial charge in [0, 0.05) is 24.0 Å². The zero-order chi connectivity index (χ0) is 25.5. The van der Waals surface area contributed by atoms with Crippen molar-refractivity contribution in [2.75, 3.05) is 19.0 Å². The number of benzene rings is 1. The first-order chi connectivity index (χ1) is 18.0. The van der Waals surface area contributed by atoms with E-state index in [0.29, 0.717) is 41.1 Å². The summed E-state index contributed by atoms with van der Waals surface area (Å²) in [5.74, 6) is 0.778. The third-order valence-electron chi connectivity index (χ3n) is 7.08. The van der Waals surface area contributed by atoms with Crippen LogP contribution in [0.3, 0.4) is 0 Å². The van der Waals surface area contributed by atoms with Gasteiger partial charge in [-0.1, -0.05) is 0 Å². The zero-order valence-corrected chi connectivity index (χ0v) is 20.8. The Morgan fingerprint density at radius 1 is 1.22 bits per heavy atom. The highest BCUT2D eigenvalue weighted by Gasteiger charge is 2.30. The number of methoxy groups -OCH3 is 1. The van der Waals surface area contributed by atoms with E-state index >= 15 is 0 Å². The van der Waals surface area contributed by atoms with Crippen LogP contribution in [0.15, 0.2) is 30.6 Å². The van der Waals surface area contributed by atoms with Crippen molar-refractivity contribution in [1.29, 1.82) is 5.26 Å². The predicted octanol–water partition coefficient (Wildman–Crippen LogP) is 4.05. The molecule has 0 spiro atoms. The molecule has 1 N–H and O–H groups in total. The number of nitriles is 1. The highest BCUT2D eigenvalue weighted by molar-refractivity contribution is 6.03. The number of pyridine rings is 1. The summed E-state index contributed by atoms with van der Waals surface area (Å²) in [7, 11) is 1.53. The van der Waals surface area contributed by atoms with Gasteiger partial charge in [0.2, 0.25) is 5.91 Å². The molecule has 1 aliphatic carbocycles. The Balaban J connectivity index is 1.40. The van der Waals surface area contributed by atoms with Gasteiger partial charge in [0.25, 0.3) is 0 Å². The van der Waals surface area contributed by atoms with Crippen LogP contribution in [-0.4, -0.2) is 50.2 Å².